The van der Waals surface area contributed by atoms with Gasteiger partial charge >= 0.3 is 0 Å². The molecule has 34 heavy (non-hydrogen) atoms. The standard InChI is InChI=1S/C28H25NO5/c1-17-8-11-19(12-9-17)25-24-26(30)20-6-4-5-7-21(20)34-27(24)28(31)29(25)15-14-18-10-13-22(32-2)23(16-18)33-3/h4-13,16,25H,14-15H2,1-3H3. The van der Waals surface area contributed by atoms with Crippen molar-refractivity contribution in [2.45, 2.75) is 19.4 Å². The molecule has 0 fully saturated rings. The van der Waals surface area contributed by atoms with E-state index in [1.54, 1.807) is 43.4 Å². The Bertz CT molecular complexity index is 1440. The minimum absolute atomic E-state index is 0.126. The van der Waals surface area contributed by atoms with E-state index in [1.807, 2.05) is 49.4 Å². The molecule has 0 spiro atoms. The minimum Gasteiger partial charge on any atom is -0.493 e. The molecule has 1 amide bonds. The number of aryl methyl sites for hydroxylation is 1. The van der Waals surface area contributed by atoms with Crippen LogP contribution in [0.4, 0.5) is 0 Å². The lowest BCUT2D eigenvalue weighted by atomic mass is 9.97. The number of methoxy groups -OCH3 is 2. The Morgan fingerprint density at radius 1 is 0.912 bits per heavy atom. The minimum atomic E-state index is -0.510. The normalized spacial score (nSPS) is 15.0. The zero-order valence-corrected chi connectivity index (χ0v) is 19.3. The summed E-state index contributed by atoms with van der Waals surface area (Å²) in [4.78, 5) is 28.8. The second-order valence-corrected chi connectivity index (χ2v) is 8.42. The summed E-state index contributed by atoms with van der Waals surface area (Å²) in [5, 5.41) is 0.480. The van der Waals surface area contributed by atoms with Gasteiger partial charge < -0.3 is 18.8 Å². The van der Waals surface area contributed by atoms with Gasteiger partial charge in [0.25, 0.3) is 5.91 Å². The van der Waals surface area contributed by atoms with Gasteiger partial charge in [-0.15, -0.1) is 0 Å². The monoisotopic (exact) mass is 455 g/mol. The maximum Gasteiger partial charge on any atom is 0.290 e. The SMILES string of the molecule is COc1ccc(CCN2C(=O)c3oc4ccccc4c(=O)c3C2c2ccc(C)cc2)cc1OC. The molecule has 0 saturated heterocycles. The third-order valence-electron chi connectivity index (χ3n) is 6.36. The van der Waals surface area contributed by atoms with Gasteiger partial charge in [-0.2, -0.15) is 0 Å². The van der Waals surface area contributed by atoms with E-state index in [0.29, 0.717) is 41.0 Å². The molecule has 5 rings (SSSR count). The van der Waals surface area contributed by atoms with Crippen LogP contribution in [0.25, 0.3) is 11.0 Å². The lowest BCUT2D eigenvalue weighted by Gasteiger charge is -2.25. The molecule has 1 aliphatic rings. The molecule has 6 heteroatoms. The zero-order valence-electron chi connectivity index (χ0n) is 19.3. The molecule has 1 aliphatic heterocycles. The van der Waals surface area contributed by atoms with Crippen molar-refractivity contribution in [2.75, 3.05) is 20.8 Å². The van der Waals surface area contributed by atoms with Crippen molar-refractivity contribution in [2.24, 2.45) is 0 Å². The predicted molar refractivity (Wildman–Crippen MR) is 130 cm³/mol. The van der Waals surface area contributed by atoms with Crippen LogP contribution in [-0.2, 0) is 6.42 Å². The van der Waals surface area contributed by atoms with E-state index < -0.39 is 6.04 Å². The summed E-state index contributed by atoms with van der Waals surface area (Å²) in [7, 11) is 3.19. The molecule has 0 radical (unpaired) electrons. The van der Waals surface area contributed by atoms with Crippen LogP contribution in [0.1, 0.15) is 38.9 Å². The van der Waals surface area contributed by atoms with Crippen molar-refractivity contribution in [1.29, 1.82) is 0 Å². The molecule has 0 saturated carbocycles. The van der Waals surface area contributed by atoms with Gasteiger partial charge in [0.15, 0.2) is 16.9 Å². The molecule has 3 aromatic carbocycles. The van der Waals surface area contributed by atoms with Crippen LogP contribution in [0.5, 0.6) is 11.5 Å². The van der Waals surface area contributed by atoms with Crippen molar-refractivity contribution in [3.8, 4) is 11.5 Å². The van der Waals surface area contributed by atoms with Gasteiger partial charge in [-0.1, -0.05) is 48.0 Å². The van der Waals surface area contributed by atoms with E-state index in [9.17, 15) is 9.59 Å². The van der Waals surface area contributed by atoms with Crippen LogP contribution in [0.15, 0.2) is 75.9 Å². The van der Waals surface area contributed by atoms with Crippen LogP contribution < -0.4 is 14.9 Å². The number of para-hydroxylation sites is 1. The Hall–Kier alpha value is -4.06. The summed E-state index contributed by atoms with van der Waals surface area (Å²) in [6, 6.07) is 20.2. The van der Waals surface area contributed by atoms with Crippen molar-refractivity contribution in [3.63, 3.8) is 0 Å². The van der Waals surface area contributed by atoms with Gasteiger partial charge in [0, 0.05) is 6.54 Å². The summed E-state index contributed by atoms with van der Waals surface area (Å²) >= 11 is 0. The van der Waals surface area contributed by atoms with Crippen LogP contribution in [-0.4, -0.2) is 31.6 Å². The van der Waals surface area contributed by atoms with Crippen molar-refractivity contribution >= 4 is 16.9 Å². The number of ether oxygens (including phenoxy) is 2. The van der Waals surface area contributed by atoms with Crippen molar-refractivity contribution in [3.05, 3.63) is 105 Å². The lowest BCUT2D eigenvalue weighted by molar-refractivity contribution is 0.0730. The van der Waals surface area contributed by atoms with Crippen LogP contribution in [0, 0.1) is 6.92 Å². The van der Waals surface area contributed by atoms with Gasteiger partial charge in [-0.05, 0) is 48.7 Å². The second kappa shape index (κ2) is 8.71. The van der Waals surface area contributed by atoms with Gasteiger partial charge in [0.1, 0.15) is 5.58 Å². The number of carbonyl (C=O) groups excluding carboxylic acids is 1. The summed E-state index contributed by atoms with van der Waals surface area (Å²) in [5.74, 6) is 1.13. The number of fused-ring (bicyclic) bond motifs is 2. The fraction of sp³-hybridized carbons (Fsp3) is 0.214. The Morgan fingerprint density at radius 2 is 1.65 bits per heavy atom. The van der Waals surface area contributed by atoms with Crippen molar-refractivity contribution < 1.29 is 18.7 Å². The first-order chi connectivity index (χ1) is 16.5. The second-order valence-electron chi connectivity index (χ2n) is 8.42. The number of hydrogen-bond acceptors (Lipinski definition) is 5. The first-order valence-corrected chi connectivity index (χ1v) is 11.2. The molecule has 1 aromatic heterocycles. The topological polar surface area (TPSA) is 69.0 Å². The maximum atomic E-state index is 13.5. The van der Waals surface area contributed by atoms with E-state index in [0.717, 1.165) is 16.7 Å². The quantitative estimate of drug-likeness (QED) is 0.413. The molecule has 2 heterocycles. The summed E-state index contributed by atoms with van der Waals surface area (Å²) in [5.41, 5.74) is 3.64. The first kappa shape index (κ1) is 21.8. The number of amides is 1. The number of hydrogen-bond donors (Lipinski definition) is 0. The van der Waals surface area contributed by atoms with Crippen molar-refractivity contribution in [1.82, 2.24) is 4.90 Å². The molecule has 1 unspecified atom stereocenters. The first-order valence-electron chi connectivity index (χ1n) is 11.2. The summed E-state index contributed by atoms with van der Waals surface area (Å²) < 4.78 is 16.7. The number of benzene rings is 3. The molecule has 4 aromatic rings. The highest BCUT2D eigenvalue weighted by atomic mass is 16.5. The van der Waals surface area contributed by atoms with Crippen LogP contribution >= 0.6 is 0 Å². The van der Waals surface area contributed by atoms with E-state index in [-0.39, 0.29) is 17.1 Å². The lowest BCUT2D eigenvalue weighted by Crippen LogP contribution is -2.31. The molecule has 0 bridgehead atoms. The molecule has 172 valence electrons. The maximum absolute atomic E-state index is 13.5. The summed E-state index contributed by atoms with van der Waals surface area (Å²) in [6.45, 7) is 2.42. The fourth-order valence-corrected chi connectivity index (χ4v) is 4.58. The highest BCUT2D eigenvalue weighted by molar-refractivity contribution is 5.99. The molecule has 0 aliphatic carbocycles. The third kappa shape index (κ3) is 3.61. The van der Waals surface area contributed by atoms with Gasteiger partial charge in [0.2, 0.25) is 5.76 Å². The predicted octanol–water partition coefficient (Wildman–Crippen LogP) is 4.91. The van der Waals surface area contributed by atoms with Crippen LogP contribution in [0.3, 0.4) is 0 Å². The van der Waals surface area contributed by atoms with E-state index >= 15 is 0 Å². The van der Waals surface area contributed by atoms with Gasteiger partial charge in [-0.25, -0.2) is 0 Å². The van der Waals surface area contributed by atoms with Crippen LogP contribution in [0.2, 0.25) is 0 Å². The summed E-state index contributed by atoms with van der Waals surface area (Å²) in [6.07, 6.45) is 0.580. The fourth-order valence-electron chi connectivity index (χ4n) is 4.58. The highest BCUT2D eigenvalue weighted by Crippen LogP contribution is 2.38. The smallest absolute Gasteiger partial charge is 0.290 e. The largest absolute Gasteiger partial charge is 0.493 e. The number of rotatable bonds is 6. The Balaban J connectivity index is 1.57. The molecular formula is C28H25NO5. The number of carbonyl (C=O) groups is 1. The Kier molecular flexibility index (Phi) is 5.57. The third-order valence-corrected chi connectivity index (χ3v) is 6.36. The van der Waals surface area contributed by atoms with E-state index in [4.69, 9.17) is 13.9 Å². The van der Waals surface area contributed by atoms with Gasteiger partial charge in [-0.3, -0.25) is 9.59 Å². The molecular weight excluding hydrogens is 430 g/mol. The average molecular weight is 456 g/mol. The molecule has 1 atom stereocenters. The Labute approximate surface area is 197 Å². The zero-order chi connectivity index (χ0) is 23.8. The average Bonchev–Trinajstić information content (AvgIpc) is 3.14. The number of nitrogens with zero attached hydrogens (tertiary/aromatic N) is 1. The van der Waals surface area contributed by atoms with Gasteiger partial charge in [0.05, 0.1) is 31.2 Å². The van der Waals surface area contributed by atoms with E-state index in [1.165, 1.54) is 0 Å². The molecule has 0 N–H and O–H groups in total. The molecule has 6 nitrogen and oxygen atoms in total. The van der Waals surface area contributed by atoms with E-state index in [2.05, 4.69) is 0 Å². The Morgan fingerprint density at radius 3 is 2.38 bits per heavy atom. The highest BCUT2D eigenvalue weighted by Gasteiger charge is 2.42.